The second kappa shape index (κ2) is 8.47. The third kappa shape index (κ3) is 4.74. The van der Waals surface area contributed by atoms with E-state index in [0.29, 0.717) is 23.2 Å². The standard InChI is InChI=1S/C23H23N3O4S/c1-23(2,3)16-8-6-15(7-9-16)21-24-25-22(26(21)12-17-5-4-10-29-17)31-14-18-11-19(27)20(28)13-30-18/h4-11,13,28H,12,14H2,1-3H3. The molecule has 0 radical (unpaired) electrons. The lowest BCUT2D eigenvalue weighted by Gasteiger charge is -2.19. The third-order valence-corrected chi connectivity index (χ3v) is 5.82. The Morgan fingerprint density at radius 3 is 2.48 bits per heavy atom. The van der Waals surface area contributed by atoms with E-state index in [0.717, 1.165) is 23.4 Å². The lowest BCUT2D eigenvalue weighted by Crippen LogP contribution is -2.10. The van der Waals surface area contributed by atoms with Crippen LogP contribution in [0.25, 0.3) is 11.4 Å². The molecule has 160 valence electrons. The van der Waals surface area contributed by atoms with Gasteiger partial charge in [-0.2, -0.15) is 0 Å². The van der Waals surface area contributed by atoms with Crippen LogP contribution in [0, 0.1) is 0 Å². The first-order valence-corrected chi connectivity index (χ1v) is 10.8. The molecule has 0 unspecified atom stereocenters. The summed E-state index contributed by atoms with van der Waals surface area (Å²) in [5.41, 5.74) is 1.79. The van der Waals surface area contributed by atoms with Crippen molar-refractivity contribution < 1.29 is 13.9 Å². The van der Waals surface area contributed by atoms with Crippen molar-refractivity contribution in [3.63, 3.8) is 0 Å². The Balaban J connectivity index is 1.65. The predicted molar refractivity (Wildman–Crippen MR) is 118 cm³/mol. The molecule has 0 bridgehead atoms. The highest BCUT2D eigenvalue weighted by Crippen LogP contribution is 2.29. The van der Waals surface area contributed by atoms with Crippen molar-refractivity contribution in [2.75, 3.05) is 0 Å². The second-order valence-electron chi connectivity index (χ2n) is 8.18. The highest BCUT2D eigenvalue weighted by molar-refractivity contribution is 7.98. The van der Waals surface area contributed by atoms with Crippen LogP contribution in [0.5, 0.6) is 5.75 Å². The van der Waals surface area contributed by atoms with E-state index in [1.165, 1.54) is 23.4 Å². The van der Waals surface area contributed by atoms with Gasteiger partial charge in [-0.1, -0.05) is 56.8 Å². The summed E-state index contributed by atoms with van der Waals surface area (Å²) in [4.78, 5) is 11.7. The molecular weight excluding hydrogens is 414 g/mol. The van der Waals surface area contributed by atoms with E-state index >= 15 is 0 Å². The quantitative estimate of drug-likeness (QED) is 0.432. The number of hydrogen-bond donors (Lipinski definition) is 1. The summed E-state index contributed by atoms with van der Waals surface area (Å²) in [5.74, 6) is 1.92. The van der Waals surface area contributed by atoms with Crippen LogP contribution in [0.2, 0.25) is 0 Å². The fourth-order valence-electron chi connectivity index (χ4n) is 3.08. The molecule has 0 aliphatic carbocycles. The van der Waals surface area contributed by atoms with Gasteiger partial charge in [-0.05, 0) is 23.1 Å². The molecule has 4 rings (SSSR count). The van der Waals surface area contributed by atoms with Gasteiger partial charge in [0.1, 0.15) is 17.8 Å². The van der Waals surface area contributed by atoms with Crippen molar-refractivity contribution in [3.05, 3.63) is 82.3 Å². The maximum absolute atomic E-state index is 11.7. The molecule has 0 amide bonds. The average Bonchev–Trinajstić information content (AvgIpc) is 3.39. The van der Waals surface area contributed by atoms with Crippen molar-refractivity contribution in [1.82, 2.24) is 14.8 Å². The van der Waals surface area contributed by atoms with Gasteiger partial charge in [0.15, 0.2) is 16.7 Å². The van der Waals surface area contributed by atoms with E-state index in [1.807, 2.05) is 16.7 Å². The summed E-state index contributed by atoms with van der Waals surface area (Å²) in [5, 5.41) is 18.8. The van der Waals surface area contributed by atoms with E-state index in [2.05, 4.69) is 55.2 Å². The zero-order chi connectivity index (χ0) is 22.0. The molecule has 0 saturated carbocycles. The number of aromatic hydroxyl groups is 1. The van der Waals surface area contributed by atoms with Gasteiger partial charge in [0.2, 0.25) is 5.43 Å². The second-order valence-corrected chi connectivity index (χ2v) is 9.13. The number of rotatable bonds is 6. The molecule has 7 nitrogen and oxygen atoms in total. The van der Waals surface area contributed by atoms with E-state index in [-0.39, 0.29) is 5.41 Å². The summed E-state index contributed by atoms with van der Waals surface area (Å²) < 4.78 is 12.8. The smallest absolute Gasteiger partial charge is 0.226 e. The van der Waals surface area contributed by atoms with Gasteiger partial charge in [-0.15, -0.1) is 10.2 Å². The Bertz CT molecular complexity index is 1220. The highest BCUT2D eigenvalue weighted by atomic mass is 32.2. The van der Waals surface area contributed by atoms with Crippen LogP contribution in [0.4, 0.5) is 0 Å². The average molecular weight is 438 g/mol. The number of nitrogens with zero attached hydrogens (tertiary/aromatic N) is 3. The number of aromatic nitrogens is 3. The first kappa shape index (κ1) is 21.0. The molecule has 0 spiro atoms. The summed E-state index contributed by atoms with van der Waals surface area (Å²) in [6, 6.07) is 13.3. The van der Waals surface area contributed by atoms with Crippen molar-refractivity contribution in [3.8, 4) is 17.1 Å². The summed E-state index contributed by atoms with van der Waals surface area (Å²) in [6.07, 6.45) is 2.68. The van der Waals surface area contributed by atoms with Crippen molar-refractivity contribution in [2.24, 2.45) is 0 Å². The first-order chi connectivity index (χ1) is 14.8. The lowest BCUT2D eigenvalue weighted by molar-refractivity contribution is 0.419. The minimum atomic E-state index is -0.474. The van der Waals surface area contributed by atoms with E-state index in [1.54, 1.807) is 6.26 Å². The molecule has 0 saturated heterocycles. The van der Waals surface area contributed by atoms with Crippen molar-refractivity contribution in [2.45, 2.75) is 43.6 Å². The first-order valence-electron chi connectivity index (χ1n) is 9.81. The van der Waals surface area contributed by atoms with Gasteiger partial charge < -0.3 is 13.9 Å². The Hall–Kier alpha value is -3.26. The lowest BCUT2D eigenvalue weighted by atomic mass is 9.87. The van der Waals surface area contributed by atoms with Crippen LogP contribution in [0.15, 0.2) is 73.8 Å². The Labute approximate surface area is 183 Å². The van der Waals surface area contributed by atoms with Crippen LogP contribution in [0.3, 0.4) is 0 Å². The molecule has 1 N–H and O–H groups in total. The summed E-state index contributed by atoms with van der Waals surface area (Å²) in [7, 11) is 0. The summed E-state index contributed by atoms with van der Waals surface area (Å²) >= 11 is 1.39. The molecule has 0 fully saturated rings. The maximum atomic E-state index is 11.7. The Kier molecular flexibility index (Phi) is 5.73. The number of furan rings is 1. The minimum Gasteiger partial charge on any atom is -0.502 e. The van der Waals surface area contributed by atoms with Crippen LogP contribution in [-0.2, 0) is 17.7 Å². The SMILES string of the molecule is CC(C)(C)c1ccc(-c2nnc(SCc3cc(=O)c(O)co3)n2Cc2ccco2)cc1. The van der Waals surface area contributed by atoms with Crippen LogP contribution in [0.1, 0.15) is 37.9 Å². The third-order valence-electron chi connectivity index (χ3n) is 4.83. The molecule has 31 heavy (non-hydrogen) atoms. The number of benzene rings is 1. The molecule has 1 aromatic carbocycles. The fraction of sp³-hybridized carbons (Fsp3) is 0.261. The van der Waals surface area contributed by atoms with Crippen LogP contribution >= 0.6 is 11.8 Å². The normalized spacial score (nSPS) is 11.7. The molecule has 3 aromatic heterocycles. The molecule has 3 heterocycles. The van der Waals surface area contributed by atoms with Crippen molar-refractivity contribution in [1.29, 1.82) is 0 Å². The van der Waals surface area contributed by atoms with Crippen LogP contribution < -0.4 is 5.43 Å². The van der Waals surface area contributed by atoms with E-state index in [4.69, 9.17) is 8.83 Å². The largest absolute Gasteiger partial charge is 0.502 e. The van der Waals surface area contributed by atoms with Crippen LogP contribution in [-0.4, -0.2) is 19.9 Å². The minimum absolute atomic E-state index is 0.0649. The van der Waals surface area contributed by atoms with Gasteiger partial charge in [-0.25, -0.2) is 0 Å². The molecule has 4 aromatic rings. The zero-order valence-electron chi connectivity index (χ0n) is 17.5. The fourth-order valence-corrected chi connectivity index (χ4v) is 3.91. The molecule has 8 heteroatoms. The Morgan fingerprint density at radius 2 is 1.84 bits per heavy atom. The number of hydrogen-bond acceptors (Lipinski definition) is 7. The predicted octanol–water partition coefficient (Wildman–Crippen LogP) is 4.84. The van der Waals surface area contributed by atoms with Gasteiger partial charge in [-0.3, -0.25) is 9.36 Å². The van der Waals surface area contributed by atoms with Crippen molar-refractivity contribution >= 4 is 11.8 Å². The van der Waals surface area contributed by atoms with Gasteiger partial charge in [0.05, 0.1) is 18.6 Å². The summed E-state index contributed by atoms with van der Waals surface area (Å²) in [6.45, 7) is 7.01. The van der Waals surface area contributed by atoms with E-state index < -0.39 is 11.2 Å². The zero-order valence-corrected chi connectivity index (χ0v) is 18.3. The highest BCUT2D eigenvalue weighted by Gasteiger charge is 2.18. The topological polar surface area (TPSA) is 94.3 Å². The molecular formula is C23H23N3O4S. The van der Waals surface area contributed by atoms with Gasteiger partial charge in [0.25, 0.3) is 0 Å². The Morgan fingerprint density at radius 1 is 1.06 bits per heavy atom. The molecule has 0 aliphatic heterocycles. The number of thioether (sulfide) groups is 1. The van der Waals surface area contributed by atoms with Gasteiger partial charge >= 0.3 is 0 Å². The molecule has 0 atom stereocenters. The maximum Gasteiger partial charge on any atom is 0.226 e. The monoisotopic (exact) mass is 437 g/mol. The van der Waals surface area contributed by atoms with Gasteiger partial charge in [0, 0.05) is 11.6 Å². The molecule has 0 aliphatic rings. The van der Waals surface area contributed by atoms with E-state index in [9.17, 15) is 9.90 Å².